The average molecular weight is 470 g/mol. The number of imidazole rings is 1. The van der Waals surface area contributed by atoms with Crippen molar-refractivity contribution in [2.45, 2.75) is 30.9 Å². The van der Waals surface area contributed by atoms with Crippen molar-refractivity contribution in [2.75, 3.05) is 13.2 Å². The van der Waals surface area contributed by atoms with Crippen LogP contribution in [0.15, 0.2) is 54.9 Å². The van der Waals surface area contributed by atoms with Crippen LogP contribution < -0.4 is 4.74 Å². The molecule has 2 aliphatic heterocycles. The van der Waals surface area contributed by atoms with Crippen molar-refractivity contribution in [3.8, 4) is 16.9 Å². The fraction of sp³-hybridized carbons (Fsp3) is 0.292. The molecule has 0 radical (unpaired) electrons. The highest BCUT2D eigenvalue weighted by atomic mass is 19.3. The Hall–Kier alpha value is -3.53. The Balaban J connectivity index is 1.42. The van der Waals surface area contributed by atoms with Gasteiger partial charge in [0.1, 0.15) is 11.6 Å². The van der Waals surface area contributed by atoms with Gasteiger partial charge in [-0.25, -0.2) is 23.7 Å². The highest BCUT2D eigenvalue weighted by Crippen LogP contribution is 2.46. The Morgan fingerprint density at radius 2 is 1.82 bits per heavy atom. The van der Waals surface area contributed by atoms with Crippen molar-refractivity contribution >= 4 is 11.0 Å². The molecule has 0 N–H and O–H groups in total. The Morgan fingerprint density at radius 1 is 1.06 bits per heavy atom. The van der Waals surface area contributed by atoms with E-state index in [9.17, 15) is 17.6 Å². The van der Waals surface area contributed by atoms with E-state index in [0.717, 1.165) is 5.56 Å². The highest BCUT2D eigenvalue weighted by molar-refractivity contribution is 5.83. The number of hydrogen-bond acceptors (Lipinski definition) is 5. The lowest BCUT2D eigenvalue weighted by Crippen LogP contribution is -2.43. The maximum Gasteiger partial charge on any atom is 0.387 e. The molecule has 0 spiro atoms. The van der Waals surface area contributed by atoms with Crippen LogP contribution in [0.5, 0.6) is 5.75 Å². The van der Waals surface area contributed by atoms with Gasteiger partial charge in [0.2, 0.25) is 5.67 Å². The third-order valence-electron chi connectivity index (χ3n) is 6.28. The summed E-state index contributed by atoms with van der Waals surface area (Å²) < 4.78 is 66.7. The van der Waals surface area contributed by atoms with Gasteiger partial charge < -0.3 is 14.0 Å². The predicted molar refractivity (Wildman–Crippen MR) is 114 cm³/mol. The van der Waals surface area contributed by atoms with Gasteiger partial charge in [-0.1, -0.05) is 24.3 Å². The molecule has 0 bridgehead atoms. The molecule has 1 unspecified atom stereocenters. The molecular weight excluding hydrogens is 452 g/mol. The zero-order valence-corrected chi connectivity index (χ0v) is 17.7. The topological polar surface area (TPSA) is 62.1 Å². The molecule has 174 valence electrons. The van der Waals surface area contributed by atoms with Gasteiger partial charge in [-0.15, -0.1) is 0 Å². The number of fused-ring (bicyclic) bond motifs is 3. The summed E-state index contributed by atoms with van der Waals surface area (Å²) >= 11 is 0. The second-order valence-electron chi connectivity index (χ2n) is 8.43. The molecule has 10 heteroatoms. The van der Waals surface area contributed by atoms with E-state index < -0.39 is 24.5 Å². The number of aromatic nitrogens is 4. The first-order valence-corrected chi connectivity index (χ1v) is 10.7. The zero-order chi connectivity index (χ0) is 23.4. The largest absolute Gasteiger partial charge is 0.434 e. The first-order valence-electron chi connectivity index (χ1n) is 10.7. The SMILES string of the molecule is FC(F)Oc1ccccc1[C@@H]1CC(F)c2nc3ccc(-c4cnc(C5(F)COC5)nc4)cc3n21. The molecule has 2 aliphatic rings. The minimum atomic E-state index is -2.99. The molecule has 2 aromatic heterocycles. The van der Waals surface area contributed by atoms with Crippen LogP contribution in [0.4, 0.5) is 17.6 Å². The highest BCUT2D eigenvalue weighted by Gasteiger charge is 2.43. The lowest BCUT2D eigenvalue weighted by atomic mass is 10.0. The van der Waals surface area contributed by atoms with E-state index >= 15 is 0 Å². The Kier molecular flexibility index (Phi) is 4.80. The van der Waals surface area contributed by atoms with E-state index in [4.69, 9.17) is 9.47 Å². The van der Waals surface area contributed by atoms with E-state index in [-0.39, 0.29) is 37.0 Å². The van der Waals surface area contributed by atoms with Gasteiger partial charge in [-0.3, -0.25) is 0 Å². The fourth-order valence-electron chi connectivity index (χ4n) is 4.59. The molecule has 2 atom stereocenters. The summed E-state index contributed by atoms with van der Waals surface area (Å²) in [5.74, 6) is 0.314. The number of nitrogens with zero attached hydrogens (tertiary/aromatic N) is 4. The Labute approximate surface area is 191 Å². The van der Waals surface area contributed by atoms with E-state index in [1.54, 1.807) is 34.9 Å². The normalized spacial score (nSPS) is 21.0. The Morgan fingerprint density at radius 3 is 2.53 bits per heavy atom. The summed E-state index contributed by atoms with van der Waals surface area (Å²) in [4.78, 5) is 12.8. The van der Waals surface area contributed by atoms with E-state index in [2.05, 4.69) is 15.0 Å². The van der Waals surface area contributed by atoms with Crippen LogP contribution in [0, 0.1) is 0 Å². The minimum absolute atomic E-state index is 0.00432. The van der Waals surface area contributed by atoms with Crippen molar-refractivity contribution in [1.82, 2.24) is 19.5 Å². The number of hydrogen-bond donors (Lipinski definition) is 0. The van der Waals surface area contributed by atoms with Crippen molar-refractivity contribution < 1.29 is 27.0 Å². The summed E-state index contributed by atoms with van der Waals surface area (Å²) in [6.45, 7) is -3.13. The van der Waals surface area contributed by atoms with Crippen LogP contribution in [0.2, 0.25) is 0 Å². The first kappa shape index (κ1) is 21.0. The minimum Gasteiger partial charge on any atom is -0.434 e. The van der Waals surface area contributed by atoms with Gasteiger partial charge in [0.25, 0.3) is 0 Å². The summed E-state index contributed by atoms with van der Waals surface area (Å²) in [6, 6.07) is 11.2. The van der Waals surface area contributed by atoms with Gasteiger partial charge in [0.15, 0.2) is 12.0 Å². The molecule has 0 aliphatic carbocycles. The molecule has 0 amide bonds. The third-order valence-corrected chi connectivity index (χ3v) is 6.28. The van der Waals surface area contributed by atoms with Crippen molar-refractivity contribution in [3.63, 3.8) is 0 Å². The zero-order valence-electron chi connectivity index (χ0n) is 17.7. The van der Waals surface area contributed by atoms with E-state index in [1.807, 2.05) is 6.07 Å². The maximum atomic E-state index is 15.0. The molecule has 6 rings (SSSR count). The van der Waals surface area contributed by atoms with Crippen LogP contribution >= 0.6 is 0 Å². The number of para-hydroxylation sites is 1. The monoisotopic (exact) mass is 470 g/mol. The molecule has 2 aromatic carbocycles. The van der Waals surface area contributed by atoms with Crippen LogP contribution in [0.25, 0.3) is 22.2 Å². The van der Waals surface area contributed by atoms with Gasteiger partial charge in [0.05, 0.1) is 30.3 Å². The lowest BCUT2D eigenvalue weighted by Gasteiger charge is -2.31. The number of halogens is 4. The number of ether oxygens (including phenoxy) is 2. The second kappa shape index (κ2) is 7.76. The van der Waals surface area contributed by atoms with Crippen LogP contribution in [0.1, 0.15) is 35.8 Å². The Bertz CT molecular complexity index is 1370. The summed E-state index contributed by atoms with van der Waals surface area (Å²) in [5.41, 5.74) is 1.40. The van der Waals surface area contributed by atoms with Crippen molar-refractivity contribution in [1.29, 1.82) is 0 Å². The fourth-order valence-corrected chi connectivity index (χ4v) is 4.59. The third kappa shape index (κ3) is 3.32. The number of benzene rings is 2. The summed E-state index contributed by atoms with van der Waals surface area (Å²) in [5, 5.41) is 0. The van der Waals surface area contributed by atoms with E-state index in [1.165, 1.54) is 18.5 Å². The van der Waals surface area contributed by atoms with Crippen molar-refractivity contribution in [3.05, 3.63) is 72.1 Å². The molecule has 6 nitrogen and oxygen atoms in total. The summed E-state index contributed by atoms with van der Waals surface area (Å²) in [7, 11) is 0. The van der Waals surface area contributed by atoms with Crippen LogP contribution in [-0.4, -0.2) is 39.3 Å². The molecular formula is C24H18F4N4O2. The first-order chi connectivity index (χ1) is 16.4. The second-order valence-corrected chi connectivity index (χ2v) is 8.43. The van der Waals surface area contributed by atoms with Crippen molar-refractivity contribution in [2.24, 2.45) is 0 Å². The number of rotatable bonds is 5. The van der Waals surface area contributed by atoms with Gasteiger partial charge in [-0.2, -0.15) is 8.78 Å². The maximum absolute atomic E-state index is 15.0. The quantitative estimate of drug-likeness (QED) is 0.371. The molecule has 4 heterocycles. The predicted octanol–water partition coefficient (Wildman–Crippen LogP) is 5.29. The lowest BCUT2D eigenvalue weighted by molar-refractivity contribution is -0.140. The number of alkyl halides is 4. The summed E-state index contributed by atoms with van der Waals surface area (Å²) in [6.07, 6.45) is 1.77. The molecule has 1 saturated heterocycles. The van der Waals surface area contributed by atoms with Gasteiger partial charge in [0, 0.05) is 29.9 Å². The molecule has 34 heavy (non-hydrogen) atoms. The van der Waals surface area contributed by atoms with Gasteiger partial charge in [-0.05, 0) is 23.8 Å². The molecule has 1 fully saturated rings. The molecule has 4 aromatic rings. The van der Waals surface area contributed by atoms with Gasteiger partial charge >= 0.3 is 6.61 Å². The molecule has 0 saturated carbocycles. The van der Waals surface area contributed by atoms with Crippen LogP contribution in [0.3, 0.4) is 0 Å². The smallest absolute Gasteiger partial charge is 0.387 e. The standard InChI is InChI=1S/C24H18F4N4O2/c25-16-8-18(15-3-1-2-4-20(15)34-23(26)27)32-19-7-13(5-6-17(19)31-21(16)32)14-9-29-22(30-10-14)24(28)11-33-12-24/h1-7,9-10,16,18,23H,8,11-12H2/t16?,18-/m0/s1. The van der Waals surface area contributed by atoms with Crippen LogP contribution in [-0.2, 0) is 10.4 Å². The van der Waals surface area contributed by atoms with E-state index in [0.29, 0.717) is 22.2 Å². The average Bonchev–Trinajstić information content (AvgIpc) is 3.35.